The minimum Gasteiger partial charge on any atom is -0.384 e. The molecule has 0 aliphatic carbocycles. The summed E-state index contributed by atoms with van der Waals surface area (Å²) in [5.41, 5.74) is 10.6. The molecule has 0 fully saturated rings. The smallest absolute Gasteiger partial charge is 0.204 e. The molecular weight excluding hydrogens is 352 g/mol. The zero-order chi connectivity index (χ0) is 17.4. The summed E-state index contributed by atoms with van der Waals surface area (Å²) >= 11 is 3.37. The Morgan fingerprint density at radius 1 is 1.12 bits per heavy atom. The summed E-state index contributed by atoms with van der Waals surface area (Å²) in [6, 6.07) is 10.3. The number of benzene rings is 1. The van der Waals surface area contributed by atoms with E-state index in [0.29, 0.717) is 11.5 Å². The lowest BCUT2D eigenvalue weighted by molar-refractivity contribution is 0.953. The molecule has 4 rings (SSSR count). The second-order valence-corrected chi connectivity index (χ2v) is 7.94. The van der Waals surface area contributed by atoms with Gasteiger partial charge in [0.05, 0.1) is 5.69 Å². The Morgan fingerprint density at radius 2 is 1.92 bits per heavy atom. The molecule has 8 heteroatoms. The van der Waals surface area contributed by atoms with Crippen LogP contribution in [0, 0.1) is 13.8 Å². The van der Waals surface area contributed by atoms with E-state index in [1.165, 1.54) is 10.4 Å². The first kappa shape index (κ1) is 16.0. The van der Waals surface area contributed by atoms with E-state index in [4.69, 9.17) is 10.7 Å². The monoisotopic (exact) mass is 368 g/mol. The molecule has 0 bridgehead atoms. The average Bonchev–Trinajstić information content (AvgIpc) is 3.20. The summed E-state index contributed by atoms with van der Waals surface area (Å²) in [6.07, 6.45) is 0. The van der Waals surface area contributed by atoms with Crippen LogP contribution in [0.2, 0.25) is 0 Å². The fraction of sp³-hybridized carbons (Fsp3) is 0.176. The van der Waals surface area contributed by atoms with E-state index in [2.05, 4.69) is 58.5 Å². The van der Waals surface area contributed by atoms with Crippen LogP contribution in [0.3, 0.4) is 0 Å². The minimum absolute atomic E-state index is 0.444. The van der Waals surface area contributed by atoms with Crippen molar-refractivity contribution in [2.75, 3.05) is 5.73 Å². The lowest BCUT2D eigenvalue weighted by Gasteiger charge is -2.02. The van der Waals surface area contributed by atoms with Gasteiger partial charge < -0.3 is 5.73 Å². The molecule has 25 heavy (non-hydrogen) atoms. The van der Waals surface area contributed by atoms with Crippen molar-refractivity contribution in [3.63, 3.8) is 0 Å². The molecule has 1 aromatic carbocycles. The summed E-state index contributed by atoms with van der Waals surface area (Å²) in [7, 11) is 0. The number of thiazole rings is 1. The lowest BCUT2D eigenvalue weighted by atomic mass is 10.2. The van der Waals surface area contributed by atoms with E-state index in [-0.39, 0.29) is 0 Å². The van der Waals surface area contributed by atoms with Crippen LogP contribution in [0.1, 0.15) is 16.1 Å². The van der Waals surface area contributed by atoms with E-state index >= 15 is 0 Å². The van der Waals surface area contributed by atoms with Crippen LogP contribution >= 0.6 is 23.1 Å². The third kappa shape index (κ3) is 3.22. The van der Waals surface area contributed by atoms with Gasteiger partial charge in [0.1, 0.15) is 16.3 Å². The lowest BCUT2D eigenvalue weighted by Crippen LogP contribution is -1.92. The molecule has 0 radical (unpaired) electrons. The predicted molar refractivity (Wildman–Crippen MR) is 103 cm³/mol. The molecule has 0 aliphatic heterocycles. The standard InChI is InChI=1S/C17H16N6S2/c1-9-3-5-11(6-4-9)17-19-12(10(2)25-17)8-24-13-7-14(18)20-16-15(13)21-23-22-16/h3-7H,8H2,1-2H3,(H3,18,20,21,22,23). The number of nitrogen functional groups attached to an aromatic ring is 1. The Hall–Kier alpha value is -2.45. The highest BCUT2D eigenvalue weighted by Gasteiger charge is 2.13. The number of H-pyrrole nitrogens is 1. The zero-order valence-electron chi connectivity index (χ0n) is 13.8. The number of rotatable bonds is 4. The maximum Gasteiger partial charge on any atom is 0.204 e. The molecule has 0 amide bonds. The van der Waals surface area contributed by atoms with E-state index in [1.807, 2.05) is 6.07 Å². The van der Waals surface area contributed by atoms with Gasteiger partial charge in [-0.2, -0.15) is 10.3 Å². The first-order chi connectivity index (χ1) is 12.1. The topological polar surface area (TPSA) is 93.4 Å². The van der Waals surface area contributed by atoms with Crippen LogP contribution in [0.5, 0.6) is 0 Å². The first-order valence-corrected chi connectivity index (χ1v) is 9.53. The number of aryl methyl sites for hydroxylation is 2. The van der Waals surface area contributed by atoms with Crippen molar-refractivity contribution in [1.82, 2.24) is 25.4 Å². The number of aromatic nitrogens is 5. The summed E-state index contributed by atoms with van der Waals surface area (Å²) in [6.45, 7) is 4.20. The zero-order valence-corrected chi connectivity index (χ0v) is 15.4. The number of aromatic amines is 1. The number of nitrogens with zero attached hydrogens (tertiary/aromatic N) is 4. The van der Waals surface area contributed by atoms with Gasteiger partial charge in [-0.3, -0.25) is 0 Å². The van der Waals surface area contributed by atoms with Gasteiger partial charge >= 0.3 is 0 Å². The molecule has 4 aromatic rings. The second-order valence-electron chi connectivity index (χ2n) is 5.72. The molecular formula is C17H16N6S2. The van der Waals surface area contributed by atoms with Gasteiger partial charge in [0.25, 0.3) is 0 Å². The molecule has 126 valence electrons. The molecule has 0 atom stereocenters. The van der Waals surface area contributed by atoms with Gasteiger partial charge in [0.2, 0.25) is 5.65 Å². The molecule has 6 nitrogen and oxygen atoms in total. The number of fused-ring (bicyclic) bond motifs is 1. The molecule has 0 unspecified atom stereocenters. The quantitative estimate of drug-likeness (QED) is 0.530. The number of hydrogen-bond acceptors (Lipinski definition) is 7. The highest BCUT2D eigenvalue weighted by molar-refractivity contribution is 7.98. The van der Waals surface area contributed by atoms with Crippen molar-refractivity contribution in [1.29, 1.82) is 0 Å². The van der Waals surface area contributed by atoms with Crippen LogP contribution in [-0.4, -0.2) is 25.4 Å². The van der Waals surface area contributed by atoms with Gasteiger partial charge in [0, 0.05) is 21.1 Å². The van der Waals surface area contributed by atoms with E-state index < -0.39 is 0 Å². The maximum absolute atomic E-state index is 5.86. The average molecular weight is 368 g/mol. The van der Waals surface area contributed by atoms with E-state index in [0.717, 1.165) is 32.4 Å². The largest absolute Gasteiger partial charge is 0.384 e. The number of nitrogens with one attached hydrogen (secondary N) is 1. The van der Waals surface area contributed by atoms with Gasteiger partial charge in [0.15, 0.2) is 0 Å². The van der Waals surface area contributed by atoms with Crippen molar-refractivity contribution < 1.29 is 0 Å². The first-order valence-electron chi connectivity index (χ1n) is 7.73. The molecule has 0 spiro atoms. The van der Waals surface area contributed by atoms with Crippen LogP contribution in [0.4, 0.5) is 5.82 Å². The number of thioether (sulfide) groups is 1. The highest BCUT2D eigenvalue weighted by atomic mass is 32.2. The van der Waals surface area contributed by atoms with Gasteiger partial charge in [-0.25, -0.2) is 9.97 Å². The molecule has 0 saturated heterocycles. The van der Waals surface area contributed by atoms with Crippen LogP contribution < -0.4 is 5.73 Å². The highest BCUT2D eigenvalue weighted by Crippen LogP contribution is 2.33. The number of pyridine rings is 1. The van der Waals surface area contributed by atoms with Crippen molar-refractivity contribution in [3.05, 3.63) is 46.5 Å². The number of hydrogen-bond donors (Lipinski definition) is 2. The molecule has 3 N–H and O–H groups in total. The third-order valence-corrected chi connectivity index (χ3v) is 5.93. The Morgan fingerprint density at radius 3 is 2.72 bits per heavy atom. The Balaban J connectivity index is 1.59. The maximum atomic E-state index is 5.86. The number of anilines is 1. The molecule has 0 saturated carbocycles. The predicted octanol–water partition coefficient (Wildman–Crippen LogP) is 3.97. The molecule has 3 heterocycles. The van der Waals surface area contributed by atoms with E-state index in [1.54, 1.807) is 23.1 Å². The van der Waals surface area contributed by atoms with Crippen molar-refractivity contribution in [2.24, 2.45) is 0 Å². The van der Waals surface area contributed by atoms with Crippen LogP contribution in [-0.2, 0) is 5.75 Å². The van der Waals surface area contributed by atoms with E-state index in [9.17, 15) is 0 Å². The number of nitrogens with two attached hydrogens (primary N) is 1. The third-order valence-electron chi connectivity index (χ3n) is 3.83. The van der Waals surface area contributed by atoms with Crippen molar-refractivity contribution in [2.45, 2.75) is 24.5 Å². The summed E-state index contributed by atoms with van der Waals surface area (Å²) in [4.78, 5) is 11.2. The SMILES string of the molecule is Cc1ccc(-c2nc(CSc3cc(N)nc4n[nH]nc34)c(C)s2)cc1. The van der Waals surface area contributed by atoms with Gasteiger partial charge in [-0.1, -0.05) is 29.8 Å². The second kappa shape index (κ2) is 6.45. The Labute approximate surface area is 152 Å². The van der Waals surface area contributed by atoms with Gasteiger partial charge in [-0.05, 0) is 19.9 Å². The summed E-state index contributed by atoms with van der Waals surface area (Å²) < 4.78 is 0. The summed E-state index contributed by atoms with van der Waals surface area (Å²) in [5, 5.41) is 11.8. The minimum atomic E-state index is 0.444. The molecule has 3 aromatic heterocycles. The fourth-order valence-corrected chi connectivity index (χ4v) is 4.54. The Bertz CT molecular complexity index is 1040. The van der Waals surface area contributed by atoms with Crippen molar-refractivity contribution in [3.8, 4) is 10.6 Å². The van der Waals surface area contributed by atoms with Crippen LogP contribution in [0.15, 0.2) is 35.2 Å². The normalized spacial score (nSPS) is 11.3. The van der Waals surface area contributed by atoms with Gasteiger partial charge in [-0.15, -0.1) is 28.2 Å². The molecule has 0 aliphatic rings. The summed E-state index contributed by atoms with van der Waals surface area (Å²) in [5.74, 6) is 1.19. The fourth-order valence-electron chi connectivity index (χ4n) is 2.46. The van der Waals surface area contributed by atoms with Crippen molar-refractivity contribution >= 4 is 40.1 Å². The Kier molecular flexibility index (Phi) is 4.14. The van der Waals surface area contributed by atoms with Crippen LogP contribution in [0.25, 0.3) is 21.7 Å².